The van der Waals surface area contributed by atoms with E-state index < -0.39 is 10.0 Å². The molecule has 2 aromatic rings. The van der Waals surface area contributed by atoms with E-state index in [-0.39, 0.29) is 16.8 Å². The molecule has 1 saturated carbocycles. The van der Waals surface area contributed by atoms with Crippen molar-refractivity contribution in [2.75, 3.05) is 7.05 Å². The molecule has 0 unspecified atom stereocenters. The molecule has 1 heterocycles. The van der Waals surface area contributed by atoms with Crippen LogP contribution in [0.15, 0.2) is 46.0 Å². The highest BCUT2D eigenvalue weighted by molar-refractivity contribution is 7.89. The van der Waals surface area contributed by atoms with E-state index in [0.717, 1.165) is 18.4 Å². The van der Waals surface area contributed by atoms with Crippen LogP contribution >= 0.6 is 11.3 Å². The van der Waals surface area contributed by atoms with E-state index in [1.54, 1.807) is 34.8 Å². The summed E-state index contributed by atoms with van der Waals surface area (Å²) in [6.45, 7) is 0.397. The first-order valence-corrected chi connectivity index (χ1v) is 9.75. The maximum absolute atomic E-state index is 12.9. The lowest BCUT2D eigenvalue weighted by molar-refractivity contribution is 0.0963. The van der Waals surface area contributed by atoms with E-state index in [4.69, 9.17) is 0 Å². The molecule has 1 aliphatic carbocycles. The predicted molar refractivity (Wildman–Crippen MR) is 89.9 cm³/mol. The molecule has 1 aromatic carbocycles. The van der Waals surface area contributed by atoms with Gasteiger partial charge in [0.05, 0.1) is 4.90 Å². The Morgan fingerprint density at radius 3 is 2.48 bits per heavy atom. The van der Waals surface area contributed by atoms with E-state index in [2.05, 4.69) is 5.32 Å². The Hall–Kier alpha value is -1.70. The Labute approximate surface area is 140 Å². The van der Waals surface area contributed by atoms with Gasteiger partial charge in [0.25, 0.3) is 5.91 Å². The average Bonchev–Trinajstić information content (AvgIpc) is 3.27. The second kappa shape index (κ2) is 6.43. The zero-order valence-corrected chi connectivity index (χ0v) is 14.4. The van der Waals surface area contributed by atoms with Gasteiger partial charge in [0.2, 0.25) is 10.0 Å². The number of hydrogen-bond donors (Lipinski definition) is 1. The standard InChI is InChI=1S/C16H18N2O3S2/c1-17-16(19)13-2-6-15(7-3-13)23(20,21)18(14-4-5-14)10-12-8-9-22-11-12/h2-3,6-9,11,14H,4-5,10H2,1H3,(H,17,19). The second-order valence-electron chi connectivity index (χ2n) is 5.52. The van der Waals surface area contributed by atoms with Crippen LogP contribution in [0.1, 0.15) is 28.8 Å². The Kier molecular flexibility index (Phi) is 4.52. The van der Waals surface area contributed by atoms with Gasteiger partial charge in [0.1, 0.15) is 0 Å². The van der Waals surface area contributed by atoms with E-state index in [9.17, 15) is 13.2 Å². The Balaban J connectivity index is 1.87. The highest BCUT2D eigenvalue weighted by Crippen LogP contribution is 2.33. The number of sulfonamides is 1. The molecule has 7 heteroatoms. The number of nitrogens with one attached hydrogen (secondary N) is 1. The summed E-state index contributed by atoms with van der Waals surface area (Å²) in [7, 11) is -2.01. The molecule has 1 fully saturated rings. The molecule has 1 amide bonds. The number of rotatable bonds is 6. The summed E-state index contributed by atoms with van der Waals surface area (Å²) in [4.78, 5) is 11.8. The molecule has 1 aliphatic rings. The summed E-state index contributed by atoms with van der Waals surface area (Å²) in [5.74, 6) is -0.230. The quantitative estimate of drug-likeness (QED) is 0.870. The van der Waals surface area contributed by atoms with Crippen molar-refractivity contribution in [3.05, 3.63) is 52.2 Å². The minimum Gasteiger partial charge on any atom is -0.355 e. The molecule has 0 atom stereocenters. The van der Waals surface area contributed by atoms with Gasteiger partial charge in [-0.2, -0.15) is 15.6 Å². The minimum atomic E-state index is -3.56. The van der Waals surface area contributed by atoms with Crippen molar-refractivity contribution >= 4 is 27.3 Å². The lowest BCUT2D eigenvalue weighted by Crippen LogP contribution is -2.32. The van der Waals surface area contributed by atoms with Crippen molar-refractivity contribution < 1.29 is 13.2 Å². The third-order valence-electron chi connectivity index (χ3n) is 3.82. The van der Waals surface area contributed by atoms with Gasteiger partial charge in [0, 0.05) is 25.2 Å². The normalized spacial score (nSPS) is 14.9. The largest absolute Gasteiger partial charge is 0.355 e. The Bertz CT molecular complexity index is 779. The third-order valence-corrected chi connectivity index (χ3v) is 6.47. The first kappa shape index (κ1) is 16.2. The Morgan fingerprint density at radius 2 is 1.96 bits per heavy atom. The fourth-order valence-electron chi connectivity index (χ4n) is 2.39. The van der Waals surface area contributed by atoms with E-state index in [0.29, 0.717) is 12.1 Å². The lowest BCUT2D eigenvalue weighted by atomic mass is 10.2. The summed E-state index contributed by atoms with van der Waals surface area (Å²) in [5, 5.41) is 6.44. The molecule has 23 heavy (non-hydrogen) atoms. The van der Waals surface area contributed by atoms with E-state index >= 15 is 0 Å². The van der Waals surface area contributed by atoms with Crippen LogP contribution in [0.4, 0.5) is 0 Å². The number of benzene rings is 1. The molecule has 0 spiro atoms. The van der Waals surface area contributed by atoms with Gasteiger partial charge >= 0.3 is 0 Å². The summed E-state index contributed by atoms with van der Waals surface area (Å²) < 4.78 is 27.4. The predicted octanol–water partition coefficient (Wildman–Crippen LogP) is 2.46. The van der Waals surface area contributed by atoms with Crippen molar-refractivity contribution in [1.29, 1.82) is 0 Å². The molecule has 122 valence electrons. The molecule has 1 N–H and O–H groups in total. The summed E-state index contributed by atoms with van der Waals surface area (Å²) >= 11 is 1.56. The van der Waals surface area contributed by atoms with Crippen molar-refractivity contribution in [2.45, 2.75) is 30.3 Å². The van der Waals surface area contributed by atoms with Crippen LogP contribution in [-0.4, -0.2) is 31.7 Å². The van der Waals surface area contributed by atoms with Crippen molar-refractivity contribution in [3.8, 4) is 0 Å². The molecular weight excluding hydrogens is 332 g/mol. The van der Waals surface area contributed by atoms with Gasteiger partial charge in [0.15, 0.2) is 0 Å². The van der Waals surface area contributed by atoms with Crippen molar-refractivity contribution in [1.82, 2.24) is 9.62 Å². The maximum atomic E-state index is 12.9. The number of carbonyl (C=O) groups excluding carboxylic acids is 1. The number of carbonyl (C=O) groups is 1. The molecular formula is C16H18N2O3S2. The van der Waals surface area contributed by atoms with Gasteiger partial charge in [-0.15, -0.1) is 0 Å². The topological polar surface area (TPSA) is 66.5 Å². The number of thiophene rings is 1. The number of nitrogens with zero attached hydrogens (tertiary/aromatic N) is 1. The highest BCUT2D eigenvalue weighted by Gasteiger charge is 2.38. The Morgan fingerprint density at radius 1 is 1.26 bits per heavy atom. The monoisotopic (exact) mass is 350 g/mol. The highest BCUT2D eigenvalue weighted by atomic mass is 32.2. The minimum absolute atomic E-state index is 0.0820. The van der Waals surface area contributed by atoms with Crippen LogP contribution in [-0.2, 0) is 16.6 Å². The fourth-order valence-corrected chi connectivity index (χ4v) is 4.73. The van der Waals surface area contributed by atoms with Gasteiger partial charge < -0.3 is 5.32 Å². The number of amides is 1. The van der Waals surface area contributed by atoms with Gasteiger partial charge in [-0.3, -0.25) is 4.79 Å². The van der Waals surface area contributed by atoms with Crippen molar-refractivity contribution in [3.63, 3.8) is 0 Å². The lowest BCUT2D eigenvalue weighted by Gasteiger charge is -2.21. The summed E-state index contributed by atoms with van der Waals surface area (Å²) in [6, 6.07) is 8.12. The first-order chi connectivity index (χ1) is 11.0. The molecule has 5 nitrogen and oxygen atoms in total. The number of hydrogen-bond acceptors (Lipinski definition) is 4. The first-order valence-electron chi connectivity index (χ1n) is 7.37. The molecule has 0 saturated heterocycles. The third kappa shape index (κ3) is 3.46. The van der Waals surface area contributed by atoms with E-state index in [1.807, 2.05) is 16.8 Å². The average molecular weight is 350 g/mol. The zero-order valence-electron chi connectivity index (χ0n) is 12.7. The van der Waals surface area contributed by atoms with Gasteiger partial charge in [-0.25, -0.2) is 8.42 Å². The van der Waals surface area contributed by atoms with Crippen LogP contribution in [0, 0.1) is 0 Å². The van der Waals surface area contributed by atoms with Crippen LogP contribution in [0.5, 0.6) is 0 Å². The van der Waals surface area contributed by atoms with Gasteiger partial charge in [-0.05, 0) is 59.5 Å². The molecule has 0 bridgehead atoms. The van der Waals surface area contributed by atoms with Gasteiger partial charge in [-0.1, -0.05) is 0 Å². The summed E-state index contributed by atoms with van der Waals surface area (Å²) in [6.07, 6.45) is 1.80. The van der Waals surface area contributed by atoms with Crippen molar-refractivity contribution in [2.24, 2.45) is 0 Å². The zero-order chi connectivity index (χ0) is 16.4. The second-order valence-corrected chi connectivity index (χ2v) is 8.19. The molecule has 0 radical (unpaired) electrons. The van der Waals surface area contributed by atoms with E-state index in [1.165, 1.54) is 12.1 Å². The molecule has 1 aromatic heterocycles. The fraction of sp³-hybridized carbons (Fsp3) is 0.312. The maximum Gasteiger partial charge on any atom is 0.251 e. The SMILES string of the molecule is CNC(=O)c1ccc(S(=O)(=O)N(Cc2ccsc2)C2CC2)cc1. The molecule has 0 aliphatic heterocycles. The van der Waals surface area contributed by atoms with Crippen LogP contribution in [0.3, 0.4) is 0 Å². The molecule has 3 rings (SSSR count). The van der Waals surface area contributed by atoms with Crippen LogP contribution in [0.2, 0.25) is 0 Å². The van der Waals surface area contributed by atoms with Crippen LogP contribution in [0.25, 0.3) is 0 Å². The smallest absolute Gasteiger partial charge is 0.251 e. The van der Waals surface area contributed by atoms with Crippen LogP contribution < -0.4 is 5.32 Å². The summed E-state index contributed by atoms with van der Waals surface area (Å²) in [5.41, 5.74) is 1.45.